The first kappa shape index (κ1) is 16.6. The molecule has 1 fully saturated rings. The summed E-state index contributed by atoms with van der Waals surface area (Å²) in [4.78, 5) is 11.1. The third kappa shape index (κ3) is 2.70. The third-order valence-corrected chi connectivity index (χ3v) is 4.27. The molecule has 20 heavy (non-hydrogen) atoms. The molecule has 0 heterocycles. The molecule has 5 nitrogen and oxygen atoms in total. The minimum Gasteiger partial charge on any atom is -0.478 e. The fraction of sp³-hybridized carbons (Fsp3) is 0.533. The predicted molar refractivity (Wildman–Crippen MR) is 74.9 cm³/mol. The van der Waals surface area contributed by atoms with Crippen molar-refractivity contribution in [3.63, 3.8) is 0 Å². The maximum atomic E-state index is 11.1. The van der Waals surface area contributed by atoms with Crippen molar-refractivity contribution < 1.29 is 25.2 Å². The van der Waals surface area contributed by atoms with Crippen LogP contribution in [0.1, 0.15) is 13.3 Å². The van der Waals surface area contributed by atoms with Crippen molar-refractivity contribution in [1.82, 2.24) is 0 Å². The van der Waals surface area contributed by atoms with Gasteiger partial charge in [-0.15, -0.1) is 6.58 Å². The van der Waals surface area contributed by atoms with Crippen LogP contribution in [0.3, 0.4) is 0 Å². The predicted octanol–water partition coefficient (Wildman–Crippen LogP) is 0.726. The Kier molecular flexibility index (Phi) is 4.91. The van der Waals surface area contributed by atoms with Gasteiger partial charge in [0.2, 0.25) is 0 Å². The minimum atomic E-state index is -1.26. The molecule has 5 atom stereocenters. The number of carboxylic acids is 1. The van der Waals surface area contributed by atoms with E-state index in [2.05, 4.69) is 19.7 Å². The van der Waals surface area contributed by atoms with Gasteiger partial charge in [-0.2, -0.15) is 0 Å². The number of carboxylic acid groups (broad SMARTS) is 1. The summed E-state index contributed by atoms with van der Waals surface area (Å²) >= 11 is 0. The van der Waals surface area contributed by atoms with Crippen LogP contribution >= 0.6 is 0 Å². The van der Waals surface area contributed by atoms with Crippen molar-refractivity contribution in [2.75, 3.05) is 6.61 Å². The van der Waals surface area contributed by atoms with Gasteiger partial charge in [-0.1, -0.05) is 26.2 Å². The molecule has 1 saturated carbocycles. The van der Waals surface area contributed by atoms with E-state index in [1.54, 1.807) is 13.0 Å². The van der Waals surface area contributed by atoms with E-state index in [-0.39, 0.29) is 18.6 Å². The Morgan fingerprint density at radius 2 is 1.95 bits per heavy atom. The van der Waals surface area contributed by atoms with Gasteiger partial charge >= 0.3 is 5.97 Å². The number of carbonyl (C=O) groups is 1. The molecule has 1 aliphatic rings. The number of hydrogen-bond donors (Lipinski definition) is 4. The second-order valence-electron chi connectivity index (χ2n) is 5.62. The molecular formula is C15H22O5. The highest BCUT2D eigenvalue weighted by Crippen LogP contribution is 2.49. The van der Waals surface area contributed by atoms with Crippen LogP contribution < -0.4 is 0 Å². The maximum Gasteiger partial charge on any atom is 0.331 e. The van der Waals surface area contributed by atoms with E-state index in [4.69, 9.17) is 5.11 Å². The van der Waals surface area contributed by atoms with E-state index in [1.165, 1.54) is 0 Å². The summed E-state index contributed by atoms with van der Waals surface area (Å²) in [5, 5.41) is 39.0. The minimum absolute atomic E-state index is 0.216. The van der Waals surface area contributed by atoms with Crippen LogP contribution in [0.5, 0.6) is 0 Å². The molecule has 0 aliphatic heterocycles. The summed E-state index contributed by atoms with van der Waals surface area (Å²) in [5.41, 5.74) is -0.532. The molecule has 5 heteroatoms. The fourth-order valence-electron chi connectivity index (χ4n) is 3.13. The van der Waals surface area contributed by atoms with Crippen molar-refractivity contribution in [2.24, 2.45) is 17.3 Å². The molecule has 0 aromatic heterocycles. The van der Waals surface area contributed by atoms with Gasteiger partial charge < -0.3 is 20.4 Å². The molecule has 1 rings (SSSR count). The summed E-state index contributed by atoms with van der Waals surface area (Å²) in [6, 6.07) is 0. The Labute approximate surface area is 118 Å². The number of hydrogen-bond acceptors (Lipinski definition) is 4. The van der Waals surface area contributed by atoms with Gasteiger partial charge in [-0.05, 0) is 17.4 Å². The van der Waals surface area contributed by atoms with Crippen LogP contribution in [0.2, 0.25) is 0 Å². The molecule has 0 amide bonds. The summed E-state index contributed by atoms with van der Waals surface area (Å²) in [7, 11) is 0. The molecule has 0 saturated heterocycles. The molecule has 0 aromatic carbocycles. The fourth-order valence-corrected chi connectivity index (χ4v) is 3.13. The molecule has 0 spiro atoms. The van der Waals surface area contributed by atoms with Crippen molar-refractivity contribution in [2.45, 2.75) is 25.6 Å². The van der Waals surface area contributed by atoms with Gasteiger partial charge in [0.25, 0.3) is 0 Å². The molecule has 112 valence electrons. The van der Waals surface area contributed by atoms with Crippen molar-refractivity contribution in [1.29, 1.82) is 0 Å². The zero-order chi connectivity index (χ0) is 15.7. The molecule has 1 aliphatic carbocycles. The van der Waals surface area contributed by atoms with Crippen molar-refractivity contribution >= 4 is 5.97 Å². The van der Waals surface area contributed by atoms with Gasteiger partial charge in [-0.25, -0.2) is 4.79 Å². The van der Waals surface area contributed by atoms with E-state index in [0.29, 0.717) is 5.57 Å². The lowest BCUT2D eigenvalue weighted by Crippen LogP contribution is -2.53. The number of rotatable bonds is 5. The lowest BCUT2D eigenvalue weighted by atomic mass is 9.58. The Bertz CT molecular complexity index is 442. The van der Waals surface area contributed by atoms with Crippen LogP contribution in [0, 0.1) is 17.3 Å². The summed E-state index contributed by atoms with van der Waals surface area (Å²) in [5.74, 6) is -2.84. The molecule has 0 unspecified atom stereocenters. The van der Waals surface area contributed by atoms with Gasteiger partial charge in [0.15, 0.2) is 0 Å². The lowest BCUT2D eigenvalue weighted by molar-refractivity contribution is -0.137. The average Bonchev–Trinajstić information content (AvgIpc) is 2.37. The van der Waals surface area contributed by atoms with Crippen molar-refractivity contribution in [3.05, 3.63) is 37.0 Å². The van der Waals surface area contributed by atoms with E-state index in [9.17, 15) is 20.1 Å². The second-order valence-corrected chi connectivity index (χ2v) is 5.62. The summed E-state index contributed by atoms with van der Waals surface area (Å²) in [6.45, 7) is 12.3. The lowest BCUT2D eigenvalue weighted by Gasteiger charge is -2.49. The molecular weight excluding hydrogens is 260 g/mol. The number of aliphatic carboxylic acids is 1. The largest absolute Gasteiger partial charge is 0.478 e. The van der Waals surface area contributed by atoms with Gasteiger partial charge in [0, 0.05) is 17.4 Å². The van der Waals surface area contributed by atoms with Crippen LogP contribution in [0.4, 0.5) is 0 Å². The Hall–Kier alpha value is -1.43. The van der Waals surface area contributed by atoms with Crippen LogP contribution in [0.25, 0.3) is 0 Å². The normalized spacial score (nSPS) is 37.2. The number of allylic oxidation sites excluding steroid dienone is 1. The average molecular weight is 282 g/mol. The van der Waals surface area contributed by atoms with E-state index in [0.717, 1.165) is 0 Å². The van der Waals surface area contributed by atoms with Gasteiger partial charge in [-0.3, -0.25) is 0 Å². The SMILES string of the molecule is C=C[C@@]1(C)C[C@H](O)[C@@H](C(=C)C(=O)O)[C@@H](O)[C@@H]1C(=C)CO. The maximum absolute atomic E-state index is 11.1. The van der Waals surface area contributed by atoms with Gasteiger partial charge in [0.05, 0.1) is 18.8 Å². The topological polar surface area (TPSA) is 98.0 Å². The highest BCUT2D eigenvalue weighted by Gasteiger charge is 2.51. The molecule has 4 N–H and O–H groups in total. The smallest absolute Gasteiger partial charge is 0.331 e. The summed E-state index contributed by atoms with van der Waals surface area (Å²) in [6.07, 6.45) is -0.414. The third-order valence-electron chi connectivity index (χ3n) is 4.27. The number of aliphatic hydroxyl groups is 3. The van der Waals surface area contributed by atoms with Crippen molar-refractivity contribution in [3.8, 4) is 0 Å². The quantitative estimate of drug-likeness (QED) is 0.440. The zero-order valence-electron chi connectivity index (χ0n) is 11.6. The Balaban J connectivity index is 3.24. The standard InChI is InChI=1S/C15H22O5/c1-5-15(4)6-10(17)11(9(3)14(19)20)13(18)12(15)8(2)7-16/h5,10-13,16-18H,1-3,6-7H2,4H3,(H,19,20)/t10-,11+,12-,13+,15-/m0/s1. The van der Waals surface area contributed by atoms with E-state index in [1.807, 2.05) is 0 Å². The summed E-state index contributed by atoms with van der Waals surface area (Å²) < 4.78 is 0. The van der Waals surface area contributed by atoms with Gasteiger partial charge in [0.1, 0.15) is 0 Å². The molecule has 0 radical (unpaired) electrons. The Morgan fingerprint density at radius 1 is 1.40 bits per heavy atom. The first-order valence-corrected chi connectivity index (χ1v) is 6.40. The molecule has 0 bridgehead atoms. The van der Waals surface area contributed by atoms with Crippen LogP contribution in [0.15, 0.2) is 37.0 Å². The molecule has 0 aromatic rings. The number of aliphatic hydroxyl groups excluding tert-OH is 3. The van der Waals surface area contributed by atoms with Crippen LogP contribution in [-0.2, 0) is 4.79 Å². The van der Waals surface area contributed by atoms with E-state index < -0.39 is 35.4 Å². The highest BCUT2D eigenvalue weighted by molar-refractivity contribution is 5.86. The Morgan fingerprint density at radius 3 is 2.35 bits per heavy atom. The van der Waals surface area contributed by atoms with Crippen LogP contribution in [-0.4, -0.2) is 45.2 Å². The monoisotopic (exact) mass is 282 g/mol. The van der Waals surface area contributed by atoms with E-state index >= 15 is 0 Å². The second kappa shape index (κ2) is 5.91. The first-order valence-electron chi connectivity index (χ1n) is 6.40. The zero-order valence-corrected chi connectivity index (χ0v) is 11.6. The highest BCUT2D eigenvalue weighted by atomic mass is 16.4. The first-order chi connectivity index (χ1) is 9.19.